The summed E-state index contributed by atoms with van der Waals surface area (Å²) in [7, 11) is -11.7. The van der Waals surface area contributed by atoms with Crippen LogP contribution in [0.25, 0.3) is 22.4 Å². The maximum Gasteiger partial charge on any atom is 0.338 e. The molecule has 0 aliphatic carbocycles. The van der Waals surface area contributed by atoms with Gasteiger partial charge < -0.3 is 39.1 Å². The van der Waals surface area contributed by atoms with Crippen LogP contribution in [0.3, 0.4) is 0 Å². The molecule has 2 fully saturated rings. The molecule has 0 amide bonds. The molecule has 394 valence electrons. The molecule has 5 aromatic carbocycles. The first-order chi connectivity index (χ1) is 35.1. The van der Waals surface area contributed by atoms with E-state index < -0.39 is 33.4 Å². The van der Waals surface area contributed by atoms with E-state index in [1.807, 2.05) is 106 Å². The van der Waals surface area contributed by atoms with Crippen molar-refractivity contribution in [3.63, 3.8) is 0 Å². The van der Waals surface area contributed by atoms with Crippen molar-refractivity contribution in [1.82, 2.24) is 9.47 Å². The Bertz CT molecular complexity index is 3210. The van der Waals surface area contributed by atoms with Crippen molar-refractivity contribution in [1.29, 1.82) is 0 Å². The van der Waals surface area contributed by atoms with Crippen molar-refractivity contribution in [2.45, 2.75) is 72.9 Å². The molecule has 2 saturated heterocycles. The summed E-state index contributed by atoms with van der Waals surface area (Å²) in [6.07, 6.45) is 2.69. The van der Waals surface area contributed by atoms with E-state index in [9.17, 15) is 36.2 Å². The Kier molecular flexibility index (Phi) is 17.3. The van der Waals surface area contributed by atoms with Crippen molar-refractivity contribution < 1.29 is 40.7 Å². The first-order valence-corrected chi connectivity index (χ1v) is 31.4. The van der Waals surface area contributed by atoms with Gasteiger partial charge in [0.25, 0.3) is 10.0 Å². The molecule has 4 N–H and O–H groups in total. The third-order valence-electron chi connectivity index (χ3n) is 13.5. The number of benzene rings is 5. The number of sulfonamides is 1. The van der Waals surface area contributed by atoms with Gasteiger partial charge in [-0.25, -0.2) is 21.6 Å². The number of thioether (sulfide) groups is 1. The minimum Gasteiger partial charge on any atom is -0.478 e. The van der Waals surface area contributed by atoms with E-state index in [4.69, 9.17) is 16.1 Å². The third-order valence-corrected chi connectivity index (χ3v) is 18.1. The smallest absolute Gasteiger partial charge is 0.338 e. The number of carboxylic acid groups (broad SMARTS) is 1. The highest BCUT2D eigenvalue weighted by Gasteiger charge is 2.30. The molecular weight excluding hydrogens is 1040 g/mol. The number of halogens is 1. The standard InChI is InChI=1S/C54H64ClN6O9PS3/c1-37(2)61-38(3)51(54(62)63)52(53(61)39-14-16-41(55)17-15-39)40-10-9-11-45(34-40)60-32-30-59(31-33-60)44-20-18-42(19-21-44)57-74(68,69)48-22-23-49(50(35-48)73(5,66)67)56-43(36-72-47-12-7-6-8-13-47)24-27-58-28-25-46(26-29-58)70-71(4,64)65/h6-23,34-35,37,43,46,56-57H,24-33,36H2,1-5H3,(H,62,63)(H,64,65)/t43-/m1/s1. The third kappa shape index (κ3) is 13.6. The molecule has 0 radical (unpaired) electrons. The predicted octanol–water partition coefficient (Wildman–Crippen LogP) is 10.9. The van der Waals surface area contributed by atoms with Crippen LogP contribution in [0.4, 0.5) is 22.7 Å². The van der Waals surface area contributed by atoms with E-state index in [-0.39, 0.29) is 33.5 Å². The number of aromatic nitrogens is 1. The van der Waals surface area contributed by atoms with Crippen LogP contribution < -0.4 is 19.8 Å². The van der Waals surface area contributed by atoms with Crippen molar-refractivity contribution in [3.8, 4) is 22.4 Å². The summed E-state index contributed by atoms with van der Waals surface area (Å²) in [4.78, 5) is 30.1. The van der Waals surface area contributed by atoms with Gasteiger partial charge in [0.1, 0.15) is 0 Å². The molecule has 2 aliphatic heterocycles. The summed E-state index contributed by atoms with van der Waals surface area (Å²) < 4.78 is 76.4. The Labute approximate surface area is 444 Å². The number of carbonyl (C=O) groups is 1. The Hall–Kier alpha value is -5.30. The number of anilines is 4. The minimum absolute atomic E-state index is 0.00217. The molecule has 2 aliphatic rings. The van der Waals surface area contributed by atoms with Gasteiger partial charge in [0.05, 0.1) is 32.8 Å². The fraction of sp³-hybridized carbons (Fsp3) is 0.352. The number of nitrogens with one attached hydrogen (secondary N) is 2. The van der Waals surface area contributed by atoms with Crippen molar-refractivity contribution in [2.75, 3.05) is 84.3 Å². The van der Waals surface area contributed by atoms with E-state index in [1.165, 1.54) is 24.9 Å². The Morgan fingerprint density at radius 2 is 1.47 bits per heavy atom. The van der Waals surface area contributed by atoms with Gasteiger partial charge in [-0.2, -0.15) is 0 Å². The van der Waals surface area contributed by atoms with Crippen LogP contribution in [0.2, 0.25) is 5.02 Å². The number of rotatable bonds is 20. The molecular formula is C54H64ClN6O9PS3. The van der Waals surface area contributed by atoms with Crippen LogP contribution in [-0.4, -0.2) is 119 Å². The lowest BCUT2D eigenvalue weighted by Gasteiger charge is -2.37. The van der Waals surface area contributed by atoms with Gasteiger partial charge >= 0.3 is 13.6 Å². The average molecular weight is 1100 g/mol. The fourth-order valence-corrected chi connectivity index (χ4v) is 13.8. The first-order valence-electron chi connectivity index (χ1n) is 24.6. The number of nitrogens with zero attached hydrogens (tertiary/aromatic N) is 4. The van der Waals surface area contributed by atoms with Gasteiger partial charge in [-0.3, -0.25) is 9.29 Å². The van der Waals surface area contributed by atoms with E-state index in [1.54, 1.807) is 23.9 Å². The molecule has 0 spiro atoms. The van der Waals surface area contributed by atoms with Crippen LogP contribution in [0.1, 0.15) is 55.2 Å². The fourth-order valence-electron chi connectivity index (χ4n) is 9.90. The van der Waals surface area contributed by atoms with Gasteiger partial charge in [0, 0.05) is 115 Å². The first kappa shape index (κ1) is 54.9. The highest BCUT2D eigenvalue weighted by Crippen LogP contribution is 2.43. The topological polar surface area (TPSA) is 191 Å². The van der Waals surface area contributed by atoms with Gasteiger partial charge in [-0.05, 0) is 130 Å². The van der Waals surface area contributed by atoms with E-state index in [2.05, 4.69) is 35.4 Å². The molecule has 1 aromatic heterocycles. The number of carboxylic acids is 1. The zero-order chi connectivity index (χ0) is 53.0. The molecule has 0 bridgehead atoms. The van der Waals surface area contributed by atoms with Crippen LogP contribution in [0.15, 0.2) is 136 Å². The van der Waals surface area contributed by atoms with Gasteiger partial charge in [0.2, 0.25) is 0 Å². The predicted molar refractivity (Wildman–Crippen MR) is 299 cm³/mol. The number of hydrogen-bond donors (Lipinski definition) is 4. The van der Waals surface area contributed by atoms with Crippen LogP contribution in [0, 0.1) is 6.92 Å². The molecule has 8 rings (SSSR count). The number of likely N-dealkylation sites (tertiary alicyclic amines) is 1. The van der Waals surface area contributed by atoms with E-state index in [0.29, 0.717) is 98.5 Å². The maximum absolute atomic E-state index is 13.9. The Morgan fingerprint density at radius 3 is 2.08 bits per heavy atom. The second-order valence-corrected chi connectivity index (χ2v) is 26.3. The number of piperazine rings is 1. The lowest BCUT2D eigenvalue weighted by molar-refractivity contribution is 0.0696. The number of piperidine rings is 1. The van der Waals surface area contributed by atoms with Gasteiger partial charge in [-0.1, -0.05) is 54.1 Å². The Morgan fingerprint density at radius 1 is 0.824 bits per heavy atom. The summed E-state index contributed by atoms with van der Waals surface area (Å²) in [6.45, 7) is 12.0. The number of hydrogen-bond acceptors (Lipinski definition) is 12. The van der Waals surface area contributed by atoms with Gasteiger partial charge in [-0.15, -0.1) is 11.8 Å². The molecule has 74 heavy (non-hydrogen) atoms. The summed E-state index contributed by atoms with van der Waals surface area (Å²) in [6, 6.07) is 36.4. The van der Waals surface area contributed by atoms with E-state index >= 15 is 0 Å². The largest absolute Gasteiger partial charge is 0.478 e. The summed E-state index contributed by atoms with van der Waals surface area (Å²) in [5.41, 5.74) is 6.62. The van der Waals surface area contributed by atoms with Crippen LogP contribution >= 0.6 is 31.0 Å². The molecule has 0 saturated carbocycles. The molecule has 3 heterocycles. The van der Waals surface area contributed by atoms with Crippen molar-refractivity contribution >= 4 is 79.5 Å². The van der Waals surface area contributed by atoms with Crippen LogP contribution in [0.5, 0.6) is 0 Å². The van der Waals surface area contributed by atoms with Crippen molar-refractivity contribution in [3.05, 3.63) is 138 Å². The zero-order valence-corrected chi connectivity index (χ0v) is 46.2. The molecule has 6 aromatic rings. The van der Waals surface area contributed by atoms with Gasteiger partial charge in [0.15, 0.2) is 9.84 Å². The second-order valence-electron chi connectivity index (χ2n) is 19.3. The normalized spacial score (nSPS) is 16.3. The highest BCUT2D eigenvalue weighted by atomic mass is 35.5. The monoisotopic (exact) mass is 1100 g/mol. The lowest BCUT2D eigenvalue weighted by Crippen LogP contribution is -2.46. The summed E-state index contributed by atoms with van der Waals surface area (Å²) in [5, 5.41) is 14.6. The molecule has 2 atom stereocenters. The number of sulfone groups is 1. The number of aromatic carboxylic acids is 1. The average Bonchev–Trinajstić information content (AvgIpc) is 3.68. The van der Waals surface area contributed by atoms with Crippen molar-refractivity contribution in [2.24, 2.45) is 0 Å². The highest BCUT2D eigenvalue weighted by molar-refractivity contribution is 7.99. The molecule has 20 heteroatoms. The second kappa shape index (κ2) is 23.3. The molecule has 1 unspecified atom stereocenters. The SMILES string of the molecule is Cc1c(C(=O)O)c(-c2cccc(N3CCN(c4ccc(NS(=O)(=O)c5ccc(N[C@H](CCN6CCC(OP(C)(=O)O)CC6)CSc6ccccc6)c(S(C)(=O)=O)c5)cc4)CC3)c2)c(-c2ccc(Cl)cc2)n1C(C)C. The lowest BCUT2D eigenvalue weighted by atomic mass is 9.96. The quantitative estimate of drug-likeness (QED) is 0.0417. The van der Waals surface area contributed by atoms with E-state index in [0.717, 1.165) is 39.3 Å². The minimum atomic E-state index is -4.22. The summed E-state index contributed by atoms with van der Waals surface area (Å²) in [5.74, 6) is -0.382. The maximum atomic E-state index is 13.9. The zero-order valence-electron chi connectivity index (χ0n) is 42.1. The Balaban J connectivity index is 0.929. The van der Waals surface area contributed by atoms with Crippen LogP contribution in [-0.2, 0) is 28.9 Å². The summed E-state index contributed by atoms with van der Waals surface area (Å²) >= 11 is 7.91. The molecule has 15 nitrogen and oxygen atoms in total.